The third-order valence-corrected chi connectivity index (χ3v) is 5.99. The van der Waals surface area contributed by atoms with Gasteiger partial charge in [-0.15, -0.1) is 0 Å². The maximum atomic E-state index is 13.8. The first-order chi connectivity index (χ1) is 16.5. The van der Waals surface area contributed by atoms with Gasteiger partial charge in [0.1, 0.15) is 29.5 Å². The van der Waals surface area contributed by atoms with Gasteiger partial charge in [0.2, 0.25) is 0 Å². The second kappa shape index (κ2) is 9.14. The number of nitrogens with zero attached hydrogens (tertiary/aromatic N) is 4. The molecule has 1 aliphatic rings. The molecule has 0 radical (unpaired) electrons. The second-order valence-electron chi connectivity index (χ2n) is 8.25. The van der Waals surface area contributed by atoms with Gasteiger partial charge in [0.05, 0.1) is 17.0 Å². The normalized spacial score (nSPS) is 16.0. The molecule has 5 rings (SSSR count). The van der Waals surface area contributed by atoms with Crippen LogP contribution in [-0.2, 0) is 6.54 Å². The van der Waals surface area contributed by atoms with Crippen LogP contribution in [-0.4, -0.2) is 38.7 Å². The lowest BCUT2D eigenvalue weighted by Gasteiger charge is -2.23. The van der Waals surface area contributed by atoms with Gasteiger partial charge in [0, 0.05) is 24.7 Å². The second-order valence-corrected chi connectivity index (χ2v) is 8.25. The molecule has 34 heavy (non-hydrogen) atoms. The van der Waals surface area contributed by atoms with Gasteiger partial charge in [0.25, 0.3) is 5.91 Å². The van der Waals surface area contributed by atoms with Crippen LogP contribution in [0, 0.1) is 11.6 Å². The molecule has 1 amide bonds. The fraction of sp³-hybridized carbons (Fsp3) is 0.250. The number of benzene rings is 2. The van der Waals surface area contributed by atoms with Gasteiger partial charge in [0.15, 0.2) is 5.65 Å². The van der Waals surface area contributed by atoms with Crippen LogP contribution < -0.4 is 16.4 Å². The van der Waals surface area contributed by atoms with Crippen molar-refractivity contribution in [2.45, 2.75) is 25.4 Å². The van der Waals surface area contributed by atoms with E-state index in [0.29, 0.717) is 28.6 Å². The molecule has 0 saturated carbocycles. The summed E-state index contributed by atoms with van der Waals surface area (Å²) in [6.45, 7) is 1.99. The Morgan fingerprint density at radius 1 is 1.18 bits per heavy atom. The average Bonchev–Trinajstić information content (AvgIpc) is 3.24. The highest BCUT2D eigenvalue weighted by Crippen LogP contribution is 2.33. The Morgan fingerprint density at radius 2 is 2.00 bits per heavy atom. The van der Waals surface area contributed by atoms with Crippen LogP contribution in [0.15, 0.2) is 48.8 Å². The number of hydrogen-bond donors (Lipinski definition) is 3. The number of nitrogen functional groups attached to an aromatic ring is 1. The molecule has 174 valence electrons. The standard InChI is InChI=1S/C24H23F2N7O/c25-16-7-8-18(19(26)10-16)24(34)29-11-14-3-5-15(6-4-14)21-20-22(27)30-13-31-23(20)33(32-21)17-2-1-9-28-12-17/h3-8,10,13,17,28H,1-2,9,11-12H2,(H,29,34)(H2,27,30,31)/t17-/m1/s1. The molecule has 0 spiro atoms. The summed E-state index contributed by atoms with van der Waals surface area (Å²) in [6, 6.07) is 10.5. The number of piperidine rings is 1. The molecule has 3 heterocycles. The minimum absolute atomic E-state index is 0.181. The summed E-state index contributed by atoms with van der Waals surface area (Å²) in [4.78, 5) is 20.9. The molecule has 4 aromatic rings. The number of halogens is 2. The highest BCUT2D eigenvalue weighted by atomic mass is 19.1. The van der Waals surface area contributed by atoms with Crippen molar-refractivity contribution in [1.29, 1.82) is 0 Å². The number of fused-ring (bicyclic) bond motifs is 1. The molecule has 0 unspecified atom stereocenters. The van der Waals surface area contributed by atoms with Crippen molar-refractivity contribution in [3.63, 3.8) is 0 Å². The number of aromatic nitrogens is 4. The SMILES string of the molecule is Nc1ncnc2c1c(-c1ccc(CNC(=O)c3ccc(F)cc3F)cc1)nn2[C@@H]1CCCNC1. The average molecular weight is 463 g/mol. The van der Waals surface area contributed by atoms with Crippen LogP contribution in [0.1, 0.15) is 34.8 Å². The molecule has 1 atom stereocenters. The molecule has 10 heteroatoms. The number of nitrogens with one attached hydrogen (secondary N) is 2. The van der Waals surface area contributed by atoms with E-state index < -0.39 is 17.5 Å². The van der Waals surface area contributed by atoms with Gasteiger partial charge in [-0.05, 0) is 37.1 Å². The number of carbonyl (C=O) groups is 1. The first kappa shape index (κ1) is 21.9. The summed E-state index contributed by atoms with van der Waals surface area (Å²) in [7, 11) is 0. The third-order valence-electron chi connectivity index (χ3n) is 5.99. The van der Waals surface area contributed by atoms with Crippen molar-refractivity contribution >= 4 is 22.8 Å². The van der Waals surface area contributed by atoms with Gasteiger partial charge in [-0.1, -0.05) is 24.3 Å². The fourth-order valence-electron chi connectivity index (χ4n) is 4.23. The van der Waals surface area contributed by atoms with Crippen LogP contribution in [0.4, 0.5) is 14.6 Å². The lowest BCUT2D eigenvalue weighted by molar-refractivity contribution is 0.0947. The van der Waals surface area contributed by atoms with Crippen LogP contribution >= 0.6 is 0 Å². The predicted molar refractivity (Wildman–Crippen MR) is 124 cm³/mol. The summed E-state index contributed by atoms with van der Waals surface area (Å²) >= 11 is 0. The lowest BCUT2D eigenvalue weighted by Crippen LogP contribution is -2.32. The van der Waals surface area contributed by atoms with E-state index in [1.807, 2.05) is 28.9 Å². The predicted octanol–water partition coefficient (Wildman–Crippen LogP) is 3.21. The molecule has 8 nitrogen and oxygen atoms in total. The molecule has 2 aromatic carbocycles. The Labute approximate surface area is 194 Å². The van der Waals surface area contributed by atoms with Crippen molar-refractivity contribution in [2.75, 3.05) is 18.8 Å². The van der Waals surface area contributed by atoms with Gasteiger partial charge in [-0.25, -0.2) is 23.4 Å². The number of rotatable bonds is 5. The van der Waals surface area contributed by atoms with E-state index in [1.54, 1.807) is 0 Å². The number of anilines is 1. The maximum Gasteiger partial charge on any atom is 0.254 e. The smallest absolute Gasteiger partial charge is 0.254 e. The molecular formula is C24H23F2N7O. The molecule has 1 saturated heterocycles. The highest BCUT2D eigenvalue weighted by molar-refractivity contribution is 5.98. The molecular weight excluding hydrogens is 440 g/mol. The molecule has 1 fully saturated rings. The van der Waals surface area contributed by atoms with Crippen molar-refractivity contribution in [2.24, 2.45) is 0 Å². The maximum absolute atomic E-state index is 13.8. The van der Waals surface area contributed by atoms with Crippen LogP contribution in [0.5, 0.6) is 0 Å². The summed E-state index contributed by atoms with van der Waals surface area (Å²) < 4.78 is 28.8. The quantitative estimate of drug-likeness (QED) is 0.419. The Kier molecular flexibility index (Phi) is 5.89. The summed E-state index contributed by atoms with van der Waals surface area (Å²) in [5.41, 5.74) is 9.05. The minimum Gasteiger partial charge on any atom is -0.383 e. The zero-order valence-corrected chi connectivity index (χ0v) is 18.3. The van der Waals surface area contributed by atoms with Crippen molar-refractivity contribution in [1.82, 2.24) is 30.4 Å². The number of carbonyl (C=O) groups excluding carboxylic acids is 1. The lowest BCUT2D eigenvalue weighted by atomic mass is 10.1. The molecule has 0 aliphatic carbocycles. The van der Waals surface area contributed by atoms with Crippen molar-refractivity contribution < 1.29 is 13.6 Å². The summed E-state index contributed by atoms with van der Waals surface area (Å²) in [6.07, 6.45) is 3.51. The third kappa shape index (κ3) is 4.19. The fourth-order valence-corrected chi connectivity index (χ4v) is 4.23. The van der Waals surface area contributed by atoms with E-state index in [2.05, 4.69) is 20.6 Å². The van der Waals surface area contributed by atoms with E-state index in [-0.39, 0.29) is 18.2 Å². The highest BCUT2D eigenvalue weighted by Gasteiger charge is 2.23. The van der Waals surface area contributed by atoms with Gasteiger partial charge >= 0.3 is 0 Å². The van der Waals surface area contributed by atoms with Crippen molar-refractivity contribution in [3.05, 3.63) is 71.6 Å². The molecule has 1 aliphatic heterocycles. The first-order valence-corrected chi connectivity index (χ1v) is 11.0. The van der Waals surface area contributed by atoms with E-state index >= 15 is 0 Å². The van der Waals surface area contributed by atoms with Crippen LogP contribution in [0.25, 0.3) is 22.3 Å². The van der Waals surface area contributed by atoms with E-state index in [4.69, 9.17) is 10.8 Å². The molecule has 0 bridgehead atoms. The van der Waals surface area contributed by atoms with Gasteiger partial charge in [-0.2, -0.15) is 5.10 Å². The summed E-state index contributed by atoms with van der Waals surface area (Å²) in [5.74, 6) is -1.88. The van der Waals surface area contributed by atoms with Crippen LogP contribution in [0.3, 0.4) is 0 Å². The Balaban J connectivity index is 1.38. The van der Waals surface area contributed by atoms with Crippen molar-refractivity contribution in [3.8, 4) is 11.3 Å². The Bertz CT molecular complexity index is 1350. The molecule has 4 N–H and O–H groups in total. The largest absolute Gasteiger partial charge is 0.383 e. The molecule has 2 aromatic heterocycles. The zero-order chi connectivity index (χ0) is 23.7. The number of amides is 1. The Hall–Kier alpha value is -3.92. The van der Waals surface area contributed by atoms with Crippen LogP contribution in [0.2, 0.25) is 0 Å². The monoisotopic (exact) mass is 463 g/mol. The van der Waals surface area contributed by atoms with E-state index in [9.17, 15) is 13.6 Å². The number of hydrogen-bond acceptors (Lipinski definition) is 6. The summed E-state index contributed by atoms with van der Waals surface area (Å²) in [5, 5.41) is 11.6. The zero-order valence-electron chi connectivity index (χ0n) is 18.3. The van der Waals surface area contributed by atoms with E-state index in [0.717, 1.165) is 49.2 Å². The minimum atomic E-state index is -0.900. The number of nitrogens with two attached hydrogens (primary N) is 1. The Morgan fingerprint density at radius 3 is 2.74 bits per heavy atom. The topological polar surface area (TPSA) is 111 Å². The van der Waals surface area contributed by atoms with Gasteiger partial charge in [-0.3, -0.25) is 4.79 Å². The van der Waals surface area contributed by atoms with Gasteiger partial charge < -0.3 is 16.4 Å². The van der Waals surface area contributed by atoms with E-state index in [1.165, 1.54) is 6.33 Å². The first-order valence-electron chi connectivity index (χ1n) is 11.0.